The van der Waals surface area contributed by atoms with Gasteiger partial charge in [-0.15, -0.1) is 0 Å². The second-order valence-corrected chi connectivity index (χ2v) is 7.15. The third kappa shape index (κ3) is 7.23. The lowest BCUT2D eigenvalue weighted by Crippen LogP contribution is -2.51. The molecule has 1 aromatic carbocycles. The Bertz CT molecular complexity index is 844. The van der Waals surface area contributed by atoms with Crippen LogP contribution in [-0.2, 0) is 11.3 Å². The topological polar surface area (TPSA) is 91.1 Å². The third-order valence-electron chi connectivity index (χ3n) is 4.94. The van der Waals surface area contributed by atoms with Gasteiger partial charge in [-0.1, -0.05) is 12.1 Å². The van der Waals surface area contributed by atoms with Crippen LogP contribution in [0.4, 0.5) is 13.2 Å². The van der Waals surface area contributed by atoms with E-state index in [0.717, 1.165) is 44.0 Å². The van der Waals surface area contributed by atoms with Crippen molar-refractivity contribution in [3.63, 3.8) is 0 Å². The molecule has 0 amide bonds. The minimum absolute atomic E-state index is 0.245. The number of carboxylic acids is 1. The Hall–Kier alpha value is -2.63. The molecule has 0 aliphatic carbocycles. The highest BCUT2D eigenvalue weighted by molar-refractivity contribution is 5.73. The molecule has 2 N–H and O–H groups in total. The first-order chi connectivity index (χ1) is 14.7. The lowest BCUT2D eigenvalue weighted by Gasteiger charge is -2.39. The van der Waals surface area contributed by atoms with Gasteiger partial charge < -0.3 is 19.8 Å². The van der Waals surface area contributed by atoms with Gasteiger partial charge in [-0.3, -0.25) is 4.90 Å². The molecule has 11 heteroatoms. The first-order valence-corrected chi connectivity index (χ1v) is 9.66. The van der Waals surface area contributed by atoms with E-state index in [0.29, 0.717) is 6.04 Å². The maximum absolute atomic E-state index is 10.6. The molecule has 172 valence electrons. The van der Waals surface area contributed by atoms with Gasteiger partial charge in [0.05, 0.1) is 13.3 Å². The molecule has 1 aliphatic rings. The van der Waals surface area contributed by atoms with E-state index in [4.69, 9.17) is 14.6 Å². The number of halogens is 3. The highest BCUT2D eigenvalue weighted by Crippen LogP contribution is 2.22. The maximum atomic E-state index is 10.6. The lowest BCUT2D eigenvalue weighted by atomic mass is 10.1. The average molecular weight is 444 g/mol. The van der Waals surface area contributed by atoms with Crippen LogP contribution in [0.5, 0.6) is 5.75 Å². The van der Waals surface area contributed by atoms with E-state index in [1.807, 2.05) is 35.1 Å². The van der Waals surface area contributed by atoms with Crippen LogP contribution in [0.25, 0.3) is 5.69 Å². The fourth-order valence-corrected chi connectivity index (χ4v) is 3.27. The van der Waals surface area contributed by atoms with E-state index in [1.54, 1.807) is 7.11 Å². The molecule has 1 saturated heterocycles. The van der Waals surface area contributed by atoms with Crippen molar-refractivity contribution in [2.24, 2.45) is 0 Å². The van der Waals surface area contributed by atoms with Crippen LogP contribution in [-0.4, -0.2) is 88.4 Å². The summed E-state index contributed by atoms with van der Waals surface area (Å²) in [5, 5.41) is 20.8. The molecule has 0 bridgehead atoms. The number of hydrogen-bond acceptors (Lipinski definition) is 6. The molecule has 1 aromatic heterocycles. The molecular weight excluding hydrogens is 417 g/mol. The predicted octanol–water partition coefficient (Wildman–Crippen LogP) is 2.01. The first-order valence-electron chi connectivity index (χ1n) is 9.66. The molecular formula is C20H27F3N4O4. The number of alkyl halides is 3. The monoisotopic (exact) mass is 444 g/mol. The van der Waals surface area contributed by atoms with E-state index >= 15 is 0 Å². The summed E-state index contributed by atoms with van der Waals surface area (Å²) in [6.07, 6.45) is -0.267. The predicted molar refractivity (Wildman–Crippen MR) is 107 cm³/mol. The van der Waals surface area contributed by atoms with Crippen molar-refractivity contribution in [3.8, 4) is 11.4 Å². The fourth-order valence-electron chi connectivity index (χ4n) is 3.27. The Morgan fingerprint density at radius 2 is 1.97 bits per heavy atom. The summed E-state index contributed by atoms with van der Waals surface area (Å²) in [5.41, 5.74) is 2.14. The summed E-state index contributed by atoms with van der Waals surface area (Å²) < 4.78 is 39.0. The van der Waals surface area contributed by atoms with Crippen LogP contribution in [0.3, 0.4) is 0 Å². The third-order valence-corrected chi connectivity index (χ3v) is 4.94. The fraction of sp³-hybridized carbons (Fsp3) is 0.500. The number of nitrogens with zero attached hydrogens (tertiary/aromatic N) is 4. The molecule has 1 unspecified atom stereocenters. The zero-order valence-electron chi connectivity index (χ0n) is 17.4. The number of methoxy groups -OCH3 is 1. The number of aliphatic carboxylic acids is 1. The van der Waals surface area contributed by atoms with Crippen LogP contribution in [0, 0.1) is 0 Å². The van der Waals surface area contributed by atoms with Crippen LogP contribution in [0.1, 0.15) is 12.0 Å². The number of benzene rings is 1. The number of ether oxygens (including phenoxy) is 1. The molecule has 8 nitrogen and oxygen atoms in total. The Kier molecular flexibility index (Phi) is 8.84. The summed E-state index contributed by atoms with van der Waals surface area (Å²) in [6.45, 7) is 4.18. The van der Waals surface area contributed by atoms with E-state index in [9.17, 15) is 18.3 Å². The van der Waals surface area contributed by atoms with Crippen LogP contribution < -0.4 is 4.74 Å². The van der Waals surface area contributed by atoms with Gasteiger partial charge >= 0.3 is 12.1 Å². The van der Waals surface area contributed by atoms with Crippen LogP contribution in [0.2, 0.25) is 0 Å². The number of aliphatic hydroxyl groups is 1. The molecule has 2 aromatic rings. The van der Waals surface area contributed by atoms with Crippen LogP contribution in [0.15, 0.2) is 36.7 Å². The summed E-state index contributed by atoms with van der Waals surface area (Å²) in [6, 6.07) is 8.31. The quantitative estimate of drug-likeness (QED) is 0.704. The first kappa shape index (κ1) is 24.6. The molecule has 31 heavy (non-hydrogen) atoms. The Morgan fingerprint density at radius 1 is 1.29 bits per heavy atom. The molecule has 0 spiro atoms. The summed E-state index contributed by atoms with van der Waals surface area (Å²) in [4.78, 5) is 13.7. The number of para-hydroxylation sites is 2. The molecule has 0 radical (unpaired) electrons. The van der Waals surface area contributed by atoms with E-state index < -0.39 is 12.1 Å². The summed E-state index contributed by atoms with van der Waals surface area (Å²) in [7, 11) is 3.81. The van der Waals surface area contributed by atoms with Crippen molar-refractivity contribution >= 4 is 5.97 Å². The lowest BCUT2D eigenvalue weighted by molar-refractivity contribution is -0.192. The van der Waals surface area contributed by atoms with E-state index in [2.05, 4.69) is 28.1 Å². The van der Waals surface area contributed by atoms with Gasteiger partial charge in [0.15, 0.2) is 0 Å². The zero-order valence-corrected chi connectivity index (χ0v) is 17.4. The maximum Gasteiger partial charge on any atom is 0.490 e. The highest BCUT2D eigenvalue weighted by atomic mass is 19.4. The van der Waals surface area contributed by atoms with Gasteiger partial charge in [-0.2, -0.15) is 18.3 Å². The van der Waals surface area contributed by atoms with Crippen molar-refractivity contribution < 1.29 is 32.9 Å². The number of carbonyl (C=O) groups is 1. The average Bonchev–Trinajstić information content (AvgIpc) is 3.18. The molecule has 1 atom stereocenters. The van der Waals surface area contributed by atoms with E-state index in [-0.39, 0.29) is 6.61 Å². The number of likely N-dealkylation sites (N-methyl/N-ethyl adjacent to an activating group) is 1. The second-order valence-electron chi connectivity index (χ2n) is 7.15. The molecule has 2 heterocycles. The van der Waals surface area contributed by atoms with Gasteiger partial charge in [0.1, 0.15) is 11.4 Å². The molecule has 0 saturated carbocycles. The van der Waals surface area contributed by atoms with Crippen molar-refractivity contribution in [1.82, 2.24) is 19.6 Å². The Labute approximate surface area is 178 Å². The number of carboxylic acid groups (broad SMARTS) is 1. The normalized spacial score (nSPS) is 17.7. The molecule has 3 rings (SSSR count). The van der Waals surface area contributed by atoms with Crippen molar-refractivity contribution in [2.75, 3.05) is 40.4 Å². The molecule has 1 fully saturated rings. The van der Waals surface area contributed by atoms with Gasteiger partial charge in [0, 0.05) is 50.6 Å². The standard InChI is InChI=1S/C18H26N4O2.C2HF3O2/c1-20-8-9-21(14-16(20)7-10-23)12-15-11-19-22(13-15)17-5-3-4-6-18(17)24-2;3-2(4,5)1(6)7/h3-6,11,13,16,23H,7-10,12,14H2,1-2H3;(H,6,7). The Balaban J connectivity index is 0.000000423. The number of rotatable bonds is 6. The SMILES string of the molecule is COc1ccccc1-n1cc(CN2CCN(C)C(CCO)C2)cn1.O=C(O)C(F)(F)F. The van der Waals surface area contributed by atoms with Gasteiger partial charge in [-0.05, 0) is 25.6 Å². The summed E-state index contributed by atoms with van der Waals surface area (Å²) in [5.74, 6) is -1.94. The minimum atomic E-state index is -5.08. The Morgan fingerprint density at radius 3 is 2.58 bits per heavy atom. The number of hydrogen-bond donors (Lipinski definition) is 2. The van der Waals surface area contributed by atoms with Gasteiger partial charge in [0.25, 0.3) is 0 Å². The number of aliphatic hydroxyl groups excluding tert-OH is 1. The number of piperazine rings is 1. The van der Waals surface area contributed by atoms with Crippen molar-refractivity contribution in [2.45, 2.75) is 25.2 Å². The second kappa shape index (κ2) is 11.1. The van der Waals surface area contributed by atoms with Gasteiger partial charge in [-0.25, -0.2) is 9.48 Å². The smallest absolute Gasteiger partial charge is 0.490 e. The van der Waals surface area contributed by atoms with Gasteiger partial charge in [0.2, 0.25) is 0 Å². The van der Waals surface area contributed by atoms with E-state index in [1.165, 1.54) is 5.56 Å². The van der Waals surface area contributed by atoms with Crippen molar-refractivity contribution in [1.29, 1.82) is 0 Å². The largest absolute Gasteiger partial charge is 0.494 e. The minimum Gasteiger partial charge on any atom is -0.494 e. The highest BCUT2D eigenvalue weighted by Gasteiger charge is 2.38. The number of aromatic nitrogens is 2. The van der Waals surface area contributed by atoms with Crippen LogP contribution >= 0.6 is 0 Å². The molecule has 1 aliphatic heterocycles. The summed E-state index contributed by atoms with van der Waals surface area (Å²) >= 11 is 0. The van der Waals surface area contributed by atoms with Crippen molar-refractivity contribution in [3.05, 3.63) is 42.2 Å². The zero-order chi connectivity index (χ0) is 23.0.